The van der Waals surface area contributed by atoms with Gasteiger partial charge >= 0.3 is 0 Å². The van der Waals surface area contributed by atoms with Gasteiger partial charge in [0, 0.05) is 30.2 Å². The molecule has 1 aliphatic rings. The van der Waals surface area contributed by atoms with Crippen LogP contribution in [0.25, 0.3) is 5.52 Å². The maximum absolute atomic E-state index is 9.54. The normalized spacial score (nSPS) is 17.9. The lowest BCUT2D eigenvalue weighted by Crippen LogP contribution is -2.22. The van der Waals surface area contributed by atoms with Crippen LogP contribution in [0.4, 0.5) is 0 Å². The summed E-state index contributed by atoms with van der Waals surface area (Å²) in [6, 6.07) is 11.6. The first-order valence-electron chi connectivity index (χ1n) is 8.86. The molecule has 0 fully saturated rings. The Morgan fingerprint density at radius 1 is 1.33 bits per heavy atom. The summed E-state index contributed by atoms with van der Waals surface area (Å²) in [6.45, 7) is 1.41. The molecule has 3 aromatic rings. The molecule has 0 amide bonds. The zero-order valence-corrected chi connectivity index (χ0v) is 15.4. The largest absolute Gasteiger partial charge is 0.492 e. The Morgan fingerprint density at radius 2 is 2.22 bits per heavy atom. The van der Waals surface area contributed by atoms with Crippen molar-refractivity contribution in [2.45, 2.75) is 12.5 Å². The Hall–Kier alpha value is -3.06. The van der Waals surface area contributed by atoms with Gasteiger partial charge in [-0.25, -0.2) is 4.98 Å². The summed E-state index contributed by atoms with van der Waals surface area (Å²) >= 11 is 0. The van der Waals surface area contributed by atoms with Gasteiger partial charge in [0.2, 0.25) is 0 Å². The minimum atomic E-state index is -0.302. The fourth-order valence-corrected chi connectivity index (χ4v) is 3.14. The van der Waals surface area contributed by atoms with Gasteiger partial charge in [0.05, 0.1) is 17.7 Å². The molecular formula is C20H22N4O3. The number of likely N-dealkylation sites (N-methyl/N-ethyl adjacent to an activating group) is 1. The van der Waals surface area contributed by atoms with E-state index in [1.165, 1.54) is 0 Å². The molecule has 0 saturated carbocycles. The molecule has 3 heterocycles. The fraction of sp³-hybridized carbons (Fsp3) is 0.300. The minimum absolute atomic E-state index is 0.302. The monoisotopic (exact) mass is 366 g/mol. The van der Waals surface area contributed by atoms with Crippen molar-refractivity contribution in [3.05, 3.63) is 60.2 Å². The molecule has 0 aliphatic carbocycles. The van der Waals surface area contributed by atoms with Gasteiger partial charge < -0.3 is 24.0 Å². The van der Waals surface area contributed by atoms with Crippen molar-refractivity contribution in [1.29, 1.82) is 0 Å². The summed E-state index contributed by atoms with van der Waals surface area (Å²) in [5, 5.41) is 13.0. The SMILES string of the molecule is CN(C)CCOc1ccc2c(c1)C(=NO)CC(c1cc3cccn3cn1)O2. The topological polar surface area (TPSA) is 71.6 Å². The van der Waals surface area contributed by atoms with E-state index in [1.54, 1.807) is 6.33 Å². The van der Waals surface area contributed by atoms with Crippen LogP contribution in [0.15, 0.2) is 54.1 Å². The highest BCUT2D eigenvalue weighted by molar-refractivity contribution is 6.04. The summed E-state index contributed by atoms with van der Waals surface area (Å²) < 4.78 is 13.9. The lowest BCUT2D eigenvalue weighted by Gasteiger charge is -2.26. The maximum Gasteiger partial charge on any atom is 0.146 e. The number of oxime groups is 1. The number of benzene rings is 1. The third-order valence-corrected chi connectivity index (χ3v) is 4.61. The van der Waals surface area contributed by atoms with Gasteiger partial charge in [-0.3, -0.25) is 0 Å². The number of aromatic nitrogens is 2. The molecule has 1 unspecified atom stereocenters. The summed E-state index contributed by atoms with van der Waals surface area (Å²) in [4.78, 5) is 6.55. The standard InChI is InChI=1S/C20H22N4O3/c1-23(2)8-9-26-15-5-6-19-16(11-15)17(22-25)12-20(27-19)18-10-14-4-3-7-24(14)13-21-18/h3-7,10-11,13,20,25H,8-9,12H2,1-2H3. The van der Waals surface area contributed by atoms with Crippen molar-refractivity contribution >= 4 is 11.2 Å². The van der Waals surface area contributed by atoms with Crippen LogP contribution >= 0.6 is 0 Å². The van der Waals surface area contributed by atoms with Crippen LogP contribution in [0.5, 0.6) is 11.5 Å². The van der Waals surface area contributed by atoms with E-state index in [0.717, 1.165) is 29.1 Å². The molecule has 1 N–H and O–H groups in total. The smallest absolute Gasteiger partial charge is 0.146 e. The Kier molecular flexibility index (Phi) is 4.68. The van der Waals surface area contributed by atoms with E-state index in [0.29, 0.717) is 24.5 Å². The number of hydrogen-bond donors (Lipinski definition) is 1. The van der Waals surface area contributed by atoms with Crippen LogP contribution in [0.1, 0.15) is 23.8 Å². The molecule has 0 spiro atoms. The van der Waals surface area contributed by atoms with Gasteiger partial charge in [0.25, 0.3) is 0 Å². The molecule has 1 aliphatic heterocycles. The van der Waals surface area contributed by atoms with Crippen LogP contribution in [0.2, 0.25) is 0 Å². The first-order chi connectivity index (χ1) is 13.1. The van der Waals surface area contributed by atoms with Gasteiger partial charge in [0.1, 0.15) is 24.2 Å². The summed E-state index contributed by atoms with van der Waals surface area (Å²) in [5.74, 6) is 1.39. The van der Waals surface area contributed by atoms with Crippen molar-refractivity contribution in [2.24, 2.45) is 5.16 Å². The van der Waals surface area contributed by atoms with Crippen molar-refractivity contribution in [2.75, 3.05) is 27.2 Å². The predicted octanol–water partition coefficient (Wildman–Crippen LogP) is 2.98. The Morgan fingerprint density at radius 3 is 3.04 bits per heavy atom. The third kappa shape index (κ3) is 3.59. The van der Waals surface area contributed by atoms with Crippen molar-refractivity contribution in [3.63, 3.8) is 0 Å². The zero-order valence-electron chi connectivity index (χ0n) is 15.4. The number of fused-ring (bicyclic) bond motifs is 2. The summed E-state index contributed by atoms with van der Waals surface area (Å²) in [5.41, 5.74) is 3.16. The predicted molar refractivity (Wildman–Crippen MR) is 102 cm³/mol. The van der Waals surface area contributed by atoms with Gasteiger partial charge in [-0.15, -0.1) is 0 Å². The minimum Gasteiger partial charge on any atom is -0.492 e. The van der Waals surface area contributed by atoms with Crippen LogP contribution in [-0.2, 0) is 0 Å². The fourth-order valence-electron chi connectivity index (χ4n) is 3.14. The molecule has 1 aromatic carbocycles. The van der Waals surface area contributed by atoms with E-state index in [4.69, 9.17) is 9.47 Å². The van der Waals surface area contributed by atoms with Crippen LogP contribution < -0.4 is 9.47 Å². The van der Waals surface area contributed by atoms with E-state index in [-0.39, 0.29) is 6.10 Å². The molecular weight excluding hydrogens is 344 g/mol. The second kappa shape index (κ2) is 7.28. The van der Waals surface area contributed by atoms with Crippen LogP contribution in [-0.4, -0.2) is 52.5 Å². The maximum atomic E-state index is 9.54. The molecule has 0 radical (unpaired) electrons. The summed E-state index contributed by atoms with van der Waals surface area (Å²) in [6.07, 6.45) is 3.85. The van der Waals surface area contributed by atoms with Crippen molar-refractivity contribution in [1.82, 2.24) is 14.3 Å². The zero-order chi connectivity index (χ0) is 18.8. The molecule has 7 heteroatoms. The molecule has 140 valence electrons. The average molecular weight is 366 g/mol. The number of ether oxygens (including phenoxy) is 2. The molecule has 0 saturated heterocycles. The van der Waals surface area contributed by atoms with Gasteiger partial charge in [0.15, 0.2) is 0 Å². The van der Waals surface area contributed by atoms with Crippen LogP contribution in [0.3, 0.4) is 0 Å². The molecule has 2 aromatic heterocycles. The molecule has 0 bridgehead atoms. The molecule has 27 heavy (non-hydrogen) atoms. The summed E-state index contributed by atoms with van der Waals surface area (Å²) in [7, 11) is 4.00. The highest BCUT2D eigenvalue weighted by Crippen LogP contribution is 2.36. The van der Waals surface area contributed by atoms with Crippen molar-refractivity contribution in [3.8, 4) is 11.5 Å². The molecule has 7 nitrogen and oxygen atoms in total. The lowest BCUT2D eigenvalue weighted by atomic mass is 9.97. The Bertz CT molecular complexity index is 980. The first kappa shape index (κ1) is 17.4. The van der Waals surface area contributed by atoms with E-state index in [9.17, 15) is 5.21 Å². The number of hydrogen-bond acceptors (Lipinski definition) is 6. The van der Waals surface area contributed by atoms with Gasteiger partial charge in [-0.2, -0.15) is 0 Å². The average Bonchev–Trinajstić information content (AvgIpc) is 3.14. The lowest BCUT2D eigenvalue weighted by molar-refractivity contribution is 0.197. The Balaban J connectivity index is 1.58. The highest BCUT2D eigenvalue weighted by atomic mass is 16.5. The van der Waals surface area contributed by atoms with Crippen molar-refractivity contribution < 1.29 is 14.7 Å². The quantitative estimate of drug-likeness (QED) is 0.555. The van der Waals surface area contributed by atoms with E-state index in [2.05, 4.69) is 15.0 Å². The van der Waals surface area contributed by atoms with Gasteiger partial charge in [-0.05, 0) is 50.5 Å². The third-order valence-electron chi connectivity index (χ3n) is 4.61. The highest BCUT2D eigenvalue weighted by Gasteiger charge is 2.28. The van der Waals surface area contributed by atoms with Gasteiger partial charge in [-0.1, -0.05) is 5.16 Å². The van der Waals surface area contributed by atoms with E-state index in [1.807, 2.05) is 61.1 Å². The second-order valence-electron chi connectivity index (χ2n) is 6.82. The number of nitrogens with zero attached hydrogens (tertiary/aromatic N) is 4. The second-order valence-corrected chi connectivity index (χ2v) is 6.82. The number of rotatable bonds is 5. The molecule has 4 rings (SSSR count). The van der Waals surface area contributed by atoms with Crippen LogP contribution in [0, 0.1) is 0 Å². The first-order valence-corrected chi connectivity index (χ1v) is 8.86. The Labute approximate surface area is 157 Å². The molecule has 1 atom stereocenters. The van der Waals surface area contributed by atoms with E-state index < -0.39 is 0 Å². The van der Waals surface area contributed by atoms with E-state index >= 15 is 0 Å².